The van der Waals surface area contributed by atoms with Gasteiger partial charge in [-0.3, -0.25) is 0 Å². The van der Waals surface area contributed by atoms with Crippen molar-refractivity contribution in [1.29, 1.82) is 0 Å². The number of benzene rings is 1. The summed E-state index contributed by atoms with van der Waals surface area (Å²) in [6, 6.07) is 2.39. The molecule has 0 bridgehead atoms. The lowest BCUT2D eigenvalue weighted by atomic mass is 10.1. The van der Waals surface area contributed by atoms with E-state index in [4.69, 9.17) is 16.7 Å². The number of rotatable bonds is 4. The van der Waals surface area contributed by atoms with Gasteiger partial charge in [0, 0.05) is 11.8 Å². The molecule has 0 aliphatic heterocycles. The minimum Gasteiger partial charge on any atom is -0.478 e. The quantitative estimate of drug-likeness (QED) is 0.880. The van der Waals surface area contributed by atoms with Crippen molar-refractivity contribution in [2.45, 2.75) is 18.4 Å². The van der Waals surface area contributed by atoms with Crippen molar-refractivity contribution in [1.82, 2.24) is 20.2 Å². The molecule has 0 aliphatic rings. The van der Waals surface area contributed by atoms with Crippen LogP contribution < -0.4 is 0 Å². The van der Waals surface area contributed by atoms with E-state index in [1.165, 1.54) is 10.7 Å². The molecule has 112 valence electrons. The molecule has 2 aromatic rings. The fraction of sp³-hybridized carbons (Fsp3) is 0.273. The van der Waals surface area contributed by atoms with Crippen molar-refractivity contribution in [3.05, 3.63) is 34.1 Å². The lowest BCUT2D eigenvalue weighted by Gasteiger charge is -2.12. The molecule has 21 heavy (non-hydrogen) atoms. The van der Waals surface area contributed by atoms with E-state index in [-0.39, 0.29) is 27.6 Å². The summed E-state index contributed by atoms with van der Waals surface area (Å²) in [4.78, 5) is 11.1. The van der Waals surface area contributed by atoms with Crippen molar-refractivity contribution in [3.63, 3.8) is 0 Å². The van der Waals surface area contributed by atoms with Crippen molar-refractivity contribution in [2.75, 3.05) is 6.26 Å². The zero-order chi connectivity index (χ0) is 15.8. The number of sulfone groups is 1. The average molecular weight is 331 g/mol. The third kappa shape index (κ3) is 3.03. The van der Waals surface area contributed by atoms with Gasteiger partial charge in [-0.25, -0.2) is 17.9 Å². The lowest BCUT2D eigenvalue weighted by Crippen LogP contribution is -2.12. The Hall–Kier alpha value is -2.00. The van der Waals surface area contributed by atoms with Crippen LogP contribution in [0.15, 0.2) is 17.0 Å². The first kappa shape index (κ1) is 15.4. The number of halogens is 1. The van der Waals surface area contributed by atoms with Gasteiger partial charge in [-0.05, 0) is 29.5 Å². The van der Waals surface area contributed by atoms with E-state index in [0.29, 0.717) is 5.82 Å². The van der Waals surface area contributed by atoms with Gasteiger partial charge in [0.25, 0.3) is 0 Å². The number of aryl methyl sites for hydroxylation is 1. The van der Waals surface area contributed by atoms with Crippen LogP contribution in [0.4, 0.5) is 0 Å². The number of carboxylic acid groups (broad SMARTS) is 1. The SMILES string of the molecule is Cc1nnnn1Cc1c(S(C)(=O)=O)ccc(C(=O)O)c1Cl. The number of tetrazole rings is 1. The standard InChI is InChI=1S/C11H11ClN4O4S/c1-6-13-14-15-16(6)5-8-9(21(2,19)20)4-3-7(10(8)12)11(17)18/h3-4H,5H2,1-2H3,(H,17,18). The number of aromatic carboxylic acids is 1. The second kappa shape index (κ2) is 5.41. The van der Waals surface area contributed by atoms with Gasteiger partial charge in [0.1, 0.15) is 5.82 Å². The maximum Gasteiger partial charge on any atom is 0.337 e. The van der Waals surface area contributed by atoms with Crippen LogP contribution in [0.3, 0.4) is 0 Å². The second-order valence-electron chi connectivity index (χ2n) is 4.36. The van der Waals surface area contributed by atoms with E-state index in [9.17, 15) is 13.2 Å². The Kier molecular flexibility index (Phi) is 3.97. The highest BCUT2D eigenvalue weighted by atomic mass is 35.5. The maximum absolute atomic E-state index is 11.8. The first-order valence-corrected chi connectivity index (χ1v) is 7.96. The number of carboxylic acids is 1. The van der Waals surface area contributed by atoms with Crippen molar-refractivity contribution >= 4 is 27.4 Å². The number of carbonyl (C=O) groups is 1. The molecule has 0 fully saturated rings. The Morgan fingerprint density at radius 2 is 2.10 bits per heavy atom. The molecule has 0 saturated carbocycles. The minimum atomic E-state index is -3.57. The van der Waals surface area contributed by atoms with Crippen LogP contribution in [-0.2, 0) is 16.4 Å². The highest BCUT2D eigenvalue weighted by Crippen LogP contribution is 2.28. The van der Waals surface area contributed by atoms with Crippen molar-refractivity contribution in [3.8, 4) is 0 Å². The fourth-order valence-electron chi connectivity index (χ4n) is 1.81. The molecule has 1 heterocycles. The minimum absolute atomic E-state index is 0.0405. The zero-order valence-electron chi connectivity index (χ0n) is 11.1. The predicted molar refractivity (Wildman–Crippen MR) is 73.2 cm³/mol. The Morgan fingerprint density at radius 3 is 2.57 bits per heavy atom. The summed E-state index contributed by atoms with van der Waals surface area (Å²) in [5.74, 6) is -0.791. The fourth-order valence-corrected chi connectivity index (χ4v) is 3.10. The van der Waals surface area contributed by atoms with Gasteiger partial charge in [-0.15, -0.1) is 5.10 Å². The van der Waals surface area contributed by atoms with E-state index >= 15 is 0 Å². The number of aromatic nitrogens is 4. The van der Waals surface area contributed by atoms with Gasteiger partial charge in [0.2, 0.25) is 0 Å². The van der Waals surface area contributed by atoms with Gasteiger partial charge < -0.3 is 5.11 Å². The molecule has 8 nitrogen and oxygen atoms in total. The molecule has 0 unspecified atom stereocenters. The molecule has 1 aromatic heterocycles. The largest absolute Gasteiger partial charge is 0.478 e. The molecule has 0 saturated heterocycles. The van der Waals surface area contributed by atoms with Crippen LogP contribution in [0.5, 0.6) is 0 Å². The highest BCUT2D eigenvalue weighted by Gasteiger charge is 2.22. The average Bonchev–Trinajstić information content (AvgIpc) is 2.75. The number of hydrogen-bond acceptors (Lipinski definition) is 6. The van der Waals surface area contributed by atoms with E-state index in [1.54, 1.807) is 6.92 Å². The van der Waals surface area contributed by atoms with Crippen LogP contribution in [0, 0.1) is 6.92 Å². The van der Waals surface area contributed by atoms with Gasteiger partial charge >= 0.3 is 5.97 Å². The van der Waals surface area contributed by atoms with Crippen molar-refractivity contribution < 1.29 is 18.3 Å². The van der Waals surface area contributed by atoms with E-state index in [0.717, 1.165) is 12.3 Å². The van der Waals surface area contributed by atoms with E-state index in [2.05, 4.69) is 15.5 Å². The molecule has 1 aromatic carbocycles. The zero-order valence-corrected chi connectivity index (χ0v) is 12.7. The monoisotopic (exact) mass is 330 g/mol. The van der Waals surface area contributed by atoms with Crippen LogP contribution in [0.25, 0.3) is 0 Å². The van der Waals surface area contributed by atoms with E-state index < -0.39 is 15.8 Å². The Labute approximate surface area is 125 Å². The summed E-state index contributed by atoms with van der Waals surface area (Å²) < 4.78 is 25.0. The maximum atomic E-state index is 11.8. The second-order valence-corrected chi connectivity index (χ2v) is 6.73. The Bertz CT molecular complexity index is 816. The molecular formula is C11H11ClN4O4S. The summed E-state index contributed by atoms with van der Waals surface area (Å²) in [5, 5.41) is 19.8. The van der Waals surface area contributed by atoms with Gasteiger partial charge in [0.05, 0.1) is 22.0 Å². The highest BCUT2D eigenvalue weighted by molar-refractivity contribution is 7.90. The molecule has 1 N–H and O–H groups in total. The third-order valence-corrected chi connectivity index (χ3v) is 4.46. The number of nitrogens with zero attached hydrogens (tertiary/aromatic N) is 4. The summed E-state index contributed by atoms with van der Waals surface area (Å²) >= 11 is 6.06. The van der Waals surface area contributed by atoms with E-state index in [1.807, 2.05) is 0 Å². The third-order valence-electron chi connectivity index (χ3n) is 2.85. The smallest absolute Gasteiger partial charge is 0.337 e. The van der Waals surface area contributed by atoms with Gasteiger partial charge in [0.15, 0.2) is 9.84 Å². The summed E-state index contributed by atoms with van der Waals surface area (Å²) in [6.45, 7) is 1.59. The summed E-state index contributed by atoms with van der Waals surface area (Å²) in [6.07, 6.45) is 1.02. The summed E-state index contributed by atoms with van der Waals surface area (Å²) in [5.41, 5.74) is -0.0285. The molecule has 0 spiro atoms. The molecule has 0 amide bonds. The Morgan fingerprint density at radius 1 is 1.43 bits per heavy atom. The normalized spacial score (nSPS) is 11.6. The van der Waals surface area contributed by atoms with Crippen molar-refractivity contribution in [2.24, 2.45) is 0 Å². The summed E-state index contributed by atoms with van der Waals surface area (Å²) in [7, 11) is -3.57. The first-order valence-electron chi connectivity index (χ1n) is 5.69. The molecule has 0 radical (unpaired) electrons. The Balaban J connectivity index is 2.67. The van der Waals surface area contributed by atoms with Crippen LogP contribution in [-0.4, -0.2) is 46.0 Å². The lowest BCUT2D eigenvalue weighted by molar-refractivity contribution is 0.0697. The topological polar surface area (TPSA) is 115 Å². The number of hydrogen-bond donors (Lipinski definition) is 1. The molecule has 0 aliphatic carbocycles. The molecular weight excluding hydrogens is 320 g/mol. The van der Waals surface area contributed by atoms with Crippen LogP contribution in [0.1, 0.15) is 21.7 Å². The van der Waals surface area contributed by atoms with Gasteiger partial charge in [-0.2, -0.15) is 0 Å². The van der Waals surface area contributed by atoms with Crippen LogP contribution in [0.2, 0.25) is 5.02 Å². The van der Waals surface area contributed by atoms with Crippen LogP contribution >= 0.6 is 11.6 Å². The molecule has 0 atom stereocenters. The van der Waals surface area contributed by atoms with Gasteiger partial charge in [-0.1, -0.05) is 11.6 Å². The molecule has 10 heteroatoms. The first-order chi connectivity index (χ1) is 9.71. The predicted octanol–water partition coefficient (Wildman–Crippen LogP) is 0.785. The molecule has 2 rings (SSSR count).